The van der Waals surface area contributed by atoms with Gasteiger partial charge in [-0.25, -0.2) is 4.98 Å². The molecule has 96 valence electrons. The van der Waals surface area contributed by atoms with Gasteiger partial charge in [0.15, 0.2) is 0 Å². The van der Waals surface area contributed by atoms with E-state index >= 15 is 0 Å². The summed E-state index contributed by atoms with van der Waals surface area (Å²) in [6.45, 7) is 6.41. The summed E-state index contributed by atoms with van der Waals surface area (Å²) >= 11 is 0. The summed E-state index contributed by atoms with van der Waals surface area (Å²) in [5.41, 5.74) is 1.59. The Morgan fingerprint density at radius 2 is 2.11 bits per heavy atom. The van der Waals surface area contributed by atoms with Gasteiger partial charge in [-0.3, -0.25) is 0 Å². The maximum Gasteiger partial charge on any atom is 0.129 e. The lowest BCUT2D eigenvalue weighted by Crippen LogP contribution is -2.31. The van der Waals surface area contributed by atoms with Gasteiger partial charge in [-0.15, -0.1) is 0 Å². The summed E-state index contributed by atoms with van der Waals surface area (Å²) in [5.74, 6) is 0.894. The van der Waals surface area contributed by atoms with Gasteiger partial charge in [-0.2, -0.15) is 5.26 Å². The van der Waals surface area contributed by atoms with Crippen LogP contribution < -0.4 is 4.90 Å². The Balaban J connectivity index is 1.97. The molecule has 0 unspecified atom stereocenters. The maximum absolute atomic E-state index is 8.97. The summed E-state index contributed by atoms with van der Waals surface area (Å²) in [7, 11) is 2.04. The second-order valence-electron chi connectivity index (χ2n) is 4.94. The van der Waals surface area contributed by atoms with Crippen molar-refractivity contribution in [2.45, 2.75) is 19.8 Å². The van der Waals surface area contributed by atoms with Crippen molar-refractivity contribution in [3.8, 4) is 6.07 Å². The number of aromatic nitrogens is 1. The highest BCUT2D eigenvalue weighted by Gasteiger charge is 2.12. The van der Waals surface area contributed by atoms with Crippen LogP contribution >= 0.6 is 0 Å². The number of nitriles is 1. The van der Waals surface area contributed by atoms with Crippen molar-refractivity contribution in [3.63, 3.8) is 0 Å². The smallest absolute Gasteiger partial charge is 0.129 e. The molecule has 18 heavy (non-hydrogen) atoms. The van der Waals surface area contributed by atoms with E-state index in [9.17, 15) is 0 Å². The molecular formula is C14H20N4. The van der Waals surface area contributed by atoms with Crippen LogP contribution in [0.5, 0.6) is 0 Å². The fourth-order valence-corrected chi connectivity index (χ4v) is 2.32. The fourth-order valence-electron chi connectivity index (χ4n) is 2.32. The Morgan fingerprint density at radius 1 is 1.39 bits per heavy atom. The van der Waals surface area contributed by atoms with Gasteiger partial charge >= 0.3 is 0 Å². The van der Waals surface area contributed by atoms with Gasteiger partial charge in [0.25, 0.3) is 0 Å². The van der Waals surface area contributed by atoms with Crippen LogP contribution in [0.1, 0.15) is 24.1 Å². The molecule has 4 nitrogen and oxygen atoms in total. The van der Waals surface area contributed by atoms with Crippen molar-refractivity contribution in [2.75, 3.05) is 38.1 Å². The Morgan fingerprint density at radius 3 is 2.78 bits per heavy atom. The molecule has 1 aliphatic heterocycles. The summed E-state index contributed by atoms with van der Waals surface area (Å²) < 4.78 is 0. The van der Waals surface area contributed by atoms with Gasteiger partial charge in [0.2, 0.25) is 0 Å². The molecule has 0 amide bonds. The second kappa shape index (κ2) is 5.83. The first-order valence-corrected chi connectivity index (χ1v) is 6.51. The minimum absolute atomic E-state index is 0.686. The minimum Gasteiger partial charge on any atom is -0.358 e. The van der Waals surface area contributed by atoms with Gasteiger partial charge < -0.3 is 9.80 Å². The third kappa shape index (κ3) is 3.21. The quantitative estimate of drug-likeness (QED) is 0.810. The monoisotopic (exact) mass is 244 g/mol. The Labute approximate surface area is 109 Å². The van der Waals surface area contributed by atoms with Crippen LogP contribution in [0.15, 0.2) is 12.1 Å². The van der Waals surface area contributed by atoms with Gasteiger partial charge in [-0.1, -0.05) is 0 Å². The topological polar surface area (TPSA) is 43.2 Å². The number of aryl methyl sites for hydroxylation is 1. The van der Waals surface area contributed by atoms with Crippen LogP contribution in [0, 0.1) is 18.3 Å². The van der Waals surface area contributed by atoms with Crippen molar-refractivity contribution in [2.24, 2.45) is 0 Å². The number of nitrogens with zero attached hydrogens (tertiary/aromatic N) is 4. The molecule has 0 aromatic carbocycles. The van der Waals surface area contributed by atoms with Gasteiger partial charge in [-0.05, 0) is 45.0 Å². The molecule has 1 fully saturated rings. The molecule has 0 radical (unpaired) electrons. The molecule has 2 heterocycles. The molecule has 0 aliphatic carbocycles. The summed E-state index contributed by atoms with van der Waals surface area (Å²) in [6, 6.07) is 5.86. The van der Waals surface area contributed by atoms with Crippen molar-refractivity contribution < 1.29 is 0 Å². The van der Waals surface area contributed by atoms with E-state index in [2.05, 4.69) is 20.9 Å². The molecule has 0 saturated carbocycles. The van der Waals surface area contributed by atoms with Crippen LogP contribution in [0.25, 0.3) is 0 Å². The molecule has 0 N–H and O–H groups in total. The molecule has 0 atom stereocenters. The third-order valence-corrected chi connectivity index (χ3v) is 3.41. The number of likely N-dealkylation sites (tertiary alicyclic amines) is 1. The van der Waals surface area contributed by atoms with E-state index in [1.165, 1.54) is 25.9 Å². The molecule has 2 rings (SSSR count). The van der Waals surface area contributed by atoms with Crippen molar-refractivity contribution >= 4 is 5.82 Å². The van der Waals surface area contributed by atoms with Crippen molar-refractivity contribution in [1.29, 1.82) is 5.26 Å². The number of hydrogen-bond donors (Lipinski definition) is 0. The molecule has 4 heteroatoms. The summed E-state index contributed by atoms with van der Waals surface area (Å²) in [6.07, 6.45) is 2.65. The largest absolute Gasteiger partial charge is 0.358 e. The van der Waals surface area contributed by atoms with Gasteiger partial charge in [0.05, 0.1) is 11.6 Å². The van der Waals surface area contributed by atoms with E-state index in [0.717, 1.165) is 24.6 Å². The zero-order valence-corrected chi connectivity index (χ0v) is 11.2. The van der Waals surface area contributed by atoms with Crippen molar-refractivity contribution in [3.05, 3.63) is 23.4 Å². The van der Waals surface area contributed by atoms with Crippen LogP contribution in [0.2, 0.25) is 0 Å². The number of likely N-dealkylation sites (N-methyl/N-ethyl adjacent to an activating group) is 1. The second-order valence-corrected chi connectivity index (χ2v) is 4.94. The normalized spacial score (nSPS) is 15.6. The molecule has 0 bridgehead atoms. The SMILES string of the molecule is Cc1cc(C#N)cc(N(C)CCN2CCCC2)n1. The average Bonchev–Trinajstić information content (AvgIpc) is 2.88. The van der Waals surface area contributed by atoms with E-state index < -0.39 is 0 Å². The number of rotatable bonds is 4. The van der Waals surface area contributed by atoms with E-state index in [4.69, 9.17) is 5.26 Å². The molecule has 1 saturated heterocycles. The highest BCUT2D eigenvalue weighted by molar-refractivity contribution is 5.45. The first-order valence-electron chi connectivity index (χ1n) is 6.51. The van der Waals surface area contributed by atoms with E-state index in [1.807, 2.05) is 26.1 Å². The van der Waals surface area contributed by atoms with Crippen molar-refractivity contribution in [1.82, 2.24) is 9.88 Å². The lowest BCUT2D eigenvalue weighted by molar-refractivity contribution is 0.346. The lowest BCUT2D eigenvalue weighted by Gasteiger charge is -2.22. The molecule has 1 aliphatic rings. The maximum atomic E-state index is 8.97. The fraction of sp³-hybridized carbons (Fsp3) is 0.571. The highest BCUT2D eigenvalue weighted by atomic mass is 15.2. The lowest BCUT2D eigenvalue weighted by atomic mass is 10.2. The van der Waals surface area contributed by atoms with E-state index in [0.29, 0.717) is 5.56 Å². The number of pyridine rings is 1. The summed E-state index contributed by atoms with van der Waals surface area (Å²) in [4.78, 5) is 9.10. The first-order chi connectivity index (χ1) is 8.69. The Hall–Kier alpha value is -1.60. The standard InChI is InChI=1S/C14H20N4/c1-12-9-13(11-15)10-14(16-12)17(2)7-8-18-5-3-4-6-18/h9-10H,3-8H2,1-2H3. The van der Waals surface area contributed by atoms with Crippen LogP contribution in [-0.2, 0) is 0 Å². The first kappa shape index (κ1) is 12.8. The number of anilines is 1. The predicted octanol–water partition coefficient (Wildman–Crippen LogP) is 1.79. The predicted molar refractivity (Wildman–Crippen MR) is 72.6 cm³/mol. The Kier molecular flexibility index (Phi) is 4.16. The molecule has 0 spiro atoms. The van der Waals surface area contributed by atoms with E-state index in [-0.39, 0.29) is 0 Å². The zero-order valence-electron chi connectivity index (χ0n) is 11.2. The molecule has 1 aromatic rings. The Bertz CT molecular complexity index is 444. The minimum atomic E-state index is 0.686. The zero-order chi connectivity index (χ0) is 13.0. The van der Waals surface area contributed by atoms with Crippen LogP contribution in [0.3, 0.4) is 0 Å². The molecule has 1 aromatic heterocycles. The van der Waals surface area contributed by atoms with Crippen LogP contribution in [-0.4, -0.2) is 43.1 Å². The molecular weight excluding hydrogens is 224 g/mol. The van der Waals surface area contributed by atoms with Gasteiger partial charge in [0, 0.05) is 25.8 Å². The highest BCUT2D eigenvalue weighted by Crippen LogP contribution is 2.14. The van der Waals surface area contributed by atoms with E-state index in [1.54, 1.807) is 0 Å². The average molecular weight is 244 g/mol. The third-order valence-electron chi connectivity index (χ3n) is 3.41. The number of hydrogen-bond acceptors (Lipinski definition) is 4. The summed E-state index contributed by atoms with van der Waals surface area (Å²) in [5, 5.41) is 8.97. The van der Waals surface area contributed by atoms with Crippen LogP contribution in [0.4, 0.5) is 5.82 Å². The van der Waals surface area contributed by atoms with Gasteiger partial charge in [0.1, 0.15) is 5.82 Å².